The minimum Gasteiger partial charge on any atom is -0.490 e. The molecule has 2 aromatic rings. The zero-order valence-electron chi connectivity index (χ0n) is 16.4. The van der Waals surface area contributed by atoms with Gasteiger partial charge in [0.25, 0.3) is 5.91 Å². The Bertz CT molecular complexity index is 925. The Balaban J connectivity index is 2.39. The molecule has 0 saturated carbocycles. The minimum atomic E-state index is -0.460. The molecule has 0 unspecified atom stereocenters. The molecule has 0 radical (unpaired) electrons. The van der Waals surface area contributed by atoms with E-state index in [1.165, 1.54) is 6.08 Å². The molecule has 28 heavy (non-hydrogen) atoms. The fourth-order valence-electron chi connectivity index (χ4n) is 2.69. The summed E-state index contributed by atoms with van der Waals surface area (Å²) in [5, 5.41) is 12.4. The number of nitriles is 1. The highest BCUT2D eigenvalue weighted by Gasteiger charge is 2.15. The SMILES string of the molecule is CCOc1cc(Br)c(/C=C(/C#N)C(=O)Nc2c(C)cccc2C)cc1OCC. The first-order valence-corrected chi connectivity index (χ1v) is 9.79. The third-order valence-electron chi connectivity index (χ3n) is 4.05. The quantitative estimate of drug-likeness (QED) is 0.459. The number of halogens is 1. The molecule has 0 spiro atoms. The molecule has 0 saturated heterocycles. The summed E-state index contributed by atoms with van der Waals surface area (Å²) in [5.41, 5.74) is 3.24. The van der Waals surface area contributed by atoms with Crippen molar-refractivity contribution < 1.29 is 14.3 Å². The number of para-hydroxylation sites is 1. The Labute approximate surface area is 174 Å². The average Bonchev–Trinajstić information content (AvgIpc) is 2.66. The van der Waals surface area contributed by atoms with E-state index < -0.39 is 5.91 Å². The Kier molecular flexibility index (Phi) is 7.65. The van der Waals surface area contributed by atoms with Crippen LogP contribution in [0, 0.1) is 25.2 Å². The number of carbonyl (C=O) groups is 1. The summed E-state index contributed by atoms with van der Waals surface area (Å²) in [6.07, 6.45) is 1.53. The highest BCUT2D eigenvalue weighted by atomic mass is 79.9. The van der Waals surface area contributed by atoms with E-state index >= 15 is 0 Å². The molecule has 1 amide bonds. The first kappa shape index (κ1) is 21.5. The van der Waals surface area contributed by atoms with Gasteiger partial charge in [-0.25, -0.2) is 0 Å². The second-order valence-electron chi connectivity index (χ2n) is 6.08. The predicted molar refractivity (Wildman–Crippen MR) is 115 cm³/mol. The largest absolute Gasteiger partial charge is 0.490 e. The van der Waals surface area contributed by atoms with Gasteiger partial charge >= 0.3 is 0 Å². The van der Waals surface area contributed by atoms with Crippen molar-refractivity contribution in [2.45, 2.75) is 27.7 Å². The molecule has 0 aliphatic carbocycles. The van der Waals surface area contributed by atoms with Gasteiger partial charge in [0.05, 0.1) is 13.2 Å². The number of hydrogen-bond acceptors (Lipinski definition) is 4. The van der Waals surface area contributed by atoms with Crippen molar-refractivity contribution >= 4 is 33.6 Å². The number of nitrogens with zero attached hydrogens (tertiary/aromatic N) is 1. The van der Waals surface area contributed by atoms with Crippen LogP contribution in [0.4, 0.5) is 5.69 Å². The number of rotatable bonds is 7. The molecule has 5 nitrogen and oxygen atoms in total. The molecule has 0 aliphatic heterocycles. The van der Waals surface area contributed by atoms with Crippen molar-refractivity contribution in [3.63, 3.8) is 0 Å². The number of aryl methyl sites for hydroxylation is 2. The van der Waals surface area contributed by atoms with E-state index in [1.807, 2.05) is 52.0 Å². The normalized spacial score (nSPS) is 10.9. The first-order valence-electron chi connectivity index (χ1n) is 8.99. The van der Waals surface area contributed by atoms with Gasteiger partial charge in [0.15, 0.2) is 11.5 Å². The lowest BCUT2D eigenvalue weighted by Crippen LogP contribution is -2.15. The fraction of sp³-hybridized carbons (Fsp3) is 0.273. The van der Waals surface area contributed by atoms with Crippen LogP contribution in [0.2, 0.25) is 0 Å². The maximum atomic E-state index is 12.7. The third kappa shape index (κ3) is 5.14. The molecule has 0 bridgehead atoms. The Morgan fingerprint density at radius 2 is 1.71 bits per heavy atom. The van der Waals surface area contributed by atoms with E-state index in [9.17, 15) is 10.1 Å². The minimum absolute atomic E-state index is 0.00467. The summed E-state index contributed by atoms with van der Waals surface area (Å²) in [4.78, 5) is 12.7. The topological polar surface area (TPSA) is 71.3 Å². The molecule has 146 valence electrons. The number of hydrogen-bond donors (Lipinski definition) is 1. The molecule has 0 atom stereocenters. The summed E-state index contributed by atoms with van der Waals surface area (Å²) in [6.45, 7) is 8.58. The lowest BCUT2D eigenvalue weighted by Gasteiger charge is -2.13. The van der Waals surface area contributed by atoms with Gasteiger partial charge in [-0.05, 0) is 62.6 Å². The Morgan fingerprint density at radius 1 is 1.14 bits per heavy atom. The molecule has 6 heteroatoms. The summed E-state index contributed by atoms with van der Waals surface area (Å²) >= 11 is 3.48. The van der Waals surface area contributed by atoms with Gasteiger partial charge in [-0.3, -0.25) is 4.79 Å². The molecule has 0 aliphatic rings. The number of carbonyl (C=O) groups excluding carboxylic acids is 1. The average molecular weight is 443 g/mol. The van der Waals surface area contributed by atoms with Crippen molar-refractivity contribution in [1.29, 1.82) is 5.26 Å². The standard InChI is InChI=1S/C22H23BrN2O3/c1-5-27-19-11-16(18(23)12-20(19)28-6-2)10-17(13-24)22(26)25-21-14(3)8-7-9-15(21)4/h7-12H,5-6H2,1-4H3,(H,25,26)/b17-10-. The number of benzene rings is 2. The van der Waals surface area contributed by atoms with E-state index in [1.54, 1.807) is 12.1 Å². The van der Waals surface area contributed by atoms with Crippen molar-refractivity contribution in [2.24, 2.45) is 0 Å². The second kappa shape index (κ2) is 9.95. The van der Waals surface area contributed by atoms with Gasteiger partial charge in [0.2, 0.25) is 0 Å². The van der Waals surface area contributed by atoms with Gasteiger partial charge in [0, 0.05) is 10.2 Å². The highest BCUT2D eigenvalue weighted by molar-refractivity contribution is 9.10. The molecule has 2 rings (SSSR count). The van der Waals surface area contributed by atoms with Crippen LogP contribution in [0.5, 0.6) is 11.5 Å². The van der Waals surface area contributed by atoms with Gasteiger partial charge in [-0.15, -0.1) is 0 Å². The van der Waals surface area contributed by atoms with Crippen molar-refractivity contribution in [3.05, 3.63) is 57.1 Å². The highest BCUT2D eigenvalue weighted by Crippen LogP contribution is 2.35. The zero-order chi connectivity index (χ0) is 20.7. The van der Waals surface area contributed by atoms with Gasteiger partial charge in [-0.1, -0.05) is 34.1 Å². The van der Waals surface area contributed by atoms with Crippen molar-refractivity contribution in [2.75, 3.05) is 18.5 Å². The van der Waals surface area contributed by atoms with Crippen LogP contribution >= 0.6 is 15.9 Å². The second-order valence-corrected chi connectivity index (χ2v) is 6.93. The zero-order valence-corrected chi connectivity index (χ0v) is 18.0. The summed E-state index contributed by atoms with van der Waals surface area (Å²) in [6, 6.07) is 11.3. The van der Waals surface area contributed by atoms with Crippen LogP contribution in [0.25, 0.3) is 6.08 Å². The van der Waals surface area contributed by atoms with Crippen LogP contribution in [0.1, 0.15) is 30.5 Å². The van der Waals surface area contributed by atoms with Crippen LogP contribution < -0.4 is 14.8 Å². The van der Waals surface area contributed by atoms with E-state index in [0.29, 0.717) is 34.7 Å². The Hall–Kier alpha value is -2.78. The maximum Gasteiger partial charge on any atom is 0.266 e. The van der Waals surface area contributed by atoms with Gasteiger partial charge in [-0.2, -0.15) is 5.26 Å². The molecular formula is C22H23BrN2O3. The molecule has 0 fully saturated rings. The summed E-state index contributed by atoms with van der Waals surface area (Å²) in [7, 11) is 0. The molecular weight excluding hydrogens is 420 g/mol. The lowest BCUT2D eigenvalue weighted by atomic mass is 10.1. The number of amides is 1. The van der Waals surface area contributed by atoms with E-state index in [4.69, 9.17) is 9.47 Å². The van der Waals surface area contributed by atoms with Crippen LogP contribution in [-0.4, -0.2) is 19.1 Å². The predicted octanol–water partition coefficient (Wildman–Crippen LogP) is 5.41. The Morgan fingerprint density at radius 3 is 2.25 bits per heavy atom. The lowest BCUT2D eigenvalue weighted by molar-refractivity contribution is -0.112. The van der Waals surface area contributed by atoms with Crippen molar-refractivity contribution in [1.82, 2.24) is 0 Å². The van der Waals surface area contributed by atoms with Crippen molar-refractivity contribution in [3.8, 4) is 17.6 Å². The van der Waals surface area contributed by atoms with Crippen LogP contribution in [-0.2, 0) is 4.79 Å². The smallest absolute Gasteiger partial charge is 0.266 e. The number of anilines is 1. The van der Waals surface area contributed by atoms with Gasteiger partial charge in [0.1, 0.15) is 11.6 Å². The fourth-order valence-corrected chi connectivity index (χ4v) is 3.13. The summed E-state index contributed by atoms with van der Waals surface area (Å²) in [5.74, 6) is 0.705. The van der Waals surface area contributed by atoms with E-state index in [2.05, 4.69) is 21.2 Å². The monoisotopic (exact) mass is 442 g/mol. The molecule has 0 heterocycles. The molecule has 0 aromatic heterocycles. The van der Waals surface area contributed by atoms with E-state index in [-0.39, 0.29) is 5.57 Å². The number of ether oxygens (including phenoxy) is 2. The van der Waals surface area contributed by atoms with Gasteiger partial charge < -0.3 is 14.8 Å². The maximum absolute atomic E-state index is 12.7. The third-order valence-corrected chi connectivity index (χ3v) is 4.73. The number of nitrogens with one attached hydrogen (secondary N) is 1. The van der Waals surface area contributed by atoms with Crippen LogP contribution in [0.15, 0.2) is 40.4 Å². The van der Waals surface area contributed by atoms with E-state index in [0.717, 1.165) is 16.8 Å². The first-order chi connectivity index (χ1) is 13.4. The molecule has 2 aromatic carbocycles. The van der Waals surface area contributed by atoms with Crippen LogP contribution in [0.3, 0.4) is 0 Å². The molecule has 1 N–H and O–H groups in total. The summed E-state index contributed by atoms with van der Waals surface area (Å²) < 4.78 is 11.9.